The number of aliphatic carboxylic acids is 1. The Morgan fingerprint density at radius 2 is 1.94 bits per heavy atom. The van der Waals surface area contributed by atoms with Crippen LogP contribution in [0.4, 0.5) is 17.6 Å². The van der Waals surface area contributed by atoms with Gasteiger partial charge in [-0.25, -0.2) is 17.6 Å². The van der Waals surface area contributed by atoms with E-state index in [1.54, 1.807) is 0 Å². The van der Waals surface area contributed by atoms with Crippen molar-refractivity contribution in [3.8, 4) is 0 Å². The number of hydrogen-bond donors (Lipinski definition) is 1. The van der Waals surface area contributed by atoms with Gasteiger partial charge in [0.1, 0.15) is 11.6 Å². The Labute approximate surface area is 88.5 Å². The van der Waals surface area contributed by atoms with E-state index in [2.05, 4.69) is 0 Å². The Morgan fingerprint density at radius 1 is 1.31 bits per heavy atom. The van der Waals surface area contributed by atoms with Gasteiger partial charge in [-0.1, -0.05) is 0 Å². The highest BCUT2D eigenvalue weighted by molar-refractivity contribution is 5.66. The Morgan fingerprint density at radius 3 is 2.44 bits per heavy atom. The highest BCUT2D eigenvalue weighted by Crippen LogP contribution is 2.34. The summed E-state index contributed by atoms with van der Waals surface area (Å²) in [7, 11) is 0. The number of hydrogen-bond acceptors (Lipinski definition) is 1. The Balaban J connectivity index is 2.92. The molecule has 0 atom stereocenters. The first-order valence-corrected chi connectivity index (χ1v) is 4.38. The van der Waals surface area contributed by atoms with Gasteiger partial charge in [0.2, 0.25) is 0 Å². The second-order valence-corrected chi connectivity index (χ2v) is 3.22. The molecule has 0 saturated carbocycles. The standard InChI is InChI=1S/C10H8F4O2/c11-6-1-2-7(8(12)5-6)10(13,14)4-3-9(15)16/h1-2,5H,3-4H2,(H,15,16). The second-order valence-electron chi connectivity index (χ2n) is 3.22. The summed E-state index contributed by atoms with van der Waals surface area (Å²) in [6.07, 6.45) is -1.81. The molecule has 1 aromatic rings. The van der Waals surface area contributed by atoms with E-state index in [-0.39, 0.29) is 0 Å². The summed E-state index contributed by atoms with van der Waals surface area (Å²) >= 11 is 0. The number of carboxylic acid groups (broad SMARTS) is 1. The van der Waals surface area contributed by atoms with Crippen LogP contribution in [0.2, 0.25) is 0 Å². The van der Waals surface area contributed by atoms with E-state index in [1.165, 1.54) is 0 Å². The number of carbonyl (C=O) groups is 1. The molecule has 1 aromatic carbocycles. The van der Waals surface area contributed by atoms with Crippen molar-refractivity contribution >= 4 is 5.97 Å². The average Bonchev–Trinajstić information content (AvgIpc) is 2.14. The molecule has 0 fully saturated rings. The summed E-state index contributed by atoms with van der Waals surface area (Å²) < 4.78 is 52.0. The number of benzene rings is 1. The molecule has 0 unspecified atom stereocenters. The maximum atomic E-state index is 13.3. The van der Waals surface area contributed by atoms with Crippen molar-refractivity contribution < 1.29 is 27.5 Å². The minimum absolute atomic E-state index is 0.337. The van der Waals surface area contributed by atoms with Gasteiger partial charge in [-0.05, 0) is 12.1 Å². The van der Waals surface area contributed by atoms with Crippen LogP contribution in [0.1, 0.15) is 18.4 Å². The Kier molecular flexibility index (Phi) is 3.51. The fraction of sp³-hybridized carbons (Fsp3) is 0.300. The van der Waals surface area contributed by atoms with Crippen molar-refractivity contribution in [2.24, 2.45) is 0 Å². The van der Waals surface area contributed by atoms with Crippen LogP contribution in [0.5, 0.6) is 0 Å². The molecule has 2 nitrogen and oxygen atoms in total. The predicted molar refractivity (Wildman–Crippen MR) is 47.1 cm³/mol. The molecular weight excluding hydrogens is 228 g/mol. The van der Waals surface area contributed by atoms with Crippen molar-refractivity contribution in [2.75, 3.05) is 0 Å². The van der Waals surface area contributed by atoms with Crippen LogP contribution in [0.3, 0.4) is 0 Å². The monoisotopic (exact) mass is 236 g/mol. The first-order chi connectivity index (χ1) is 7.33. The molecule has 1 N–H and O–H groups in total. The van der Waals surface area contributed by atoms with Gasteiger partial charge in [0, 0.05) is 12.5 Å². The average molecular weight is 236 g/mol. The van der Waals surface area contributed by atoms with E-state index in [1.807, 2.05) is 0 Å². The normalized spacial score (nSPS) is 11.5. The van der Waals surface area contributed by atoms with Gasteiger partial charge < -0.3 is 5.11 Å². The molecule has 0 heterocycles. The fourth-order valence-electron chi connectivity index (χ4n) is 1.18. The molecule has 0 bridgehead atoms. The van der Waals surface area contributed by atoms with Gasteiger partial charge in [-0.15, -0.1) is 0 Å². The first kappa shape index (κ1) is 12.5. The van der Waals surface area contributed by atoms with Crippen LogP contribution in [-0.2, 0) is 10.7 Å². The highest BCUT2D eigenvalue weighted by atomic mass is 19.3. The van der Waals surface area contributed by atoms with Crippen LogP contribution in [0.25, 0.3) is 0 Å². The molecule has 0 spiro atoms. The van der Waals surface area contributed by atoms with Crippen LogP contribution in [-0.4, -0.2) is 11.1 Å². The summed E-state index contributed by atoms with van der Waals surface area (Å²) in [4.78, 5) is 10.1. The Bertz CT molecular complexity index is 404. The predicted octanol–water partition coefficient (Wildman–Crippen LogP) is 2.92. The minimum Gasteiger partial charge on any atom is -0.481 e. The zero-order chi connectivity index (χ0) is 12.3. The minimum atomic E-state index is -3.61. The van der Waals surface area contributed by atoms with Crippen LogP contribution in [0, 0.1) is 11.6 Å². The third kappa shape index (κ3) is 2.95. The maximum Gasteiger partial charge on any atom is 0.303 e. The molecule has 16 heavy (non-hydrogen) atoms. The van der Waals surface area contributed by atoms with Gasteiger partial charge in [0.15, 0.2) is 0 Å². The Hall–Kier alpha value is -1.59. The molecule has 6 heteroatoms. The molecule has 0 aliphatic carbocycles. The summed E-state index contributed by atoms with van der Waals surface area (Å²) in [6.45, 7) is 0. The highest BCUT2D eigenvalue weighted by Gasteiger charge is 2.34. The number of alkyl halides is 2. The van der Waals surface area contributed by atoms with E-state index >= 15 is 0 Å². The number of rotatable bonds is 4. The van der Waals surface area contributed by atoms with Crippen LogP contribution < -0.4 is 0 Å². The van der Waals surface area contributed by atoms with Gasteiger partial charge >= 0.3 is 5.97 Å². The third-order valence-corrected chi connectivity index (χ3v) is 1.98. The summed E-state index contributed by atoms with van der Waals surface area (Å²) in [5.74, 6) is -7.36. The quantitative estimate of drug-likeness (QED) is 0.816. The third-order valence-electron chi connectivity index (χ3n) is 1.98. The smallest absolute Gasteiger partial charge is 0.303 e. The van der Waals surface area contributed by atoms with Crippen LogP contribution in [0.15, 0.2) is 18.2 Å². The van der Waals surface area contributed by atoms with Crippen molar-refractivity contribution in [3.05, 3.63) is 35.4 Å². The largest absolute Gasteiger partial charge is 0.481 e. The van der Waals surface area contributed by atoms with Crippen molar-refractivity contribution in [2.45, 2.75) is 18.8 Å². The SMILES string of the molecule is O=C(O)CCC(F)(F)c1ccc(F)cc1F. The van der Waals surface area contributed by atoms with Crippen molar-refractivity contribution in [1.29, 1.82) is 0 Å². The maximum absolute atomic E-state index is 13.3. The molecule has 0 saturated heterocycles. The van der Waals surface area contributed by atoms with Crippen molar-refractivity contribution in [3.63, 3.8) is 0 Å². The van der Waals surface area contributed by atoms with E-state index in [0.29, 0.717) is 18.2 Å². The van der Waals surface area contributed by atoms with E-state index in [4.69, 9.17) is 5.11 Å². The number of halogens is 4. The summed E-state index contributed by atoms with van der Waals surface area (Å²) in [5.41, 5.74) is -0.991. The van der Waals surface area contributed by atoms with E-state index in [0.717, 1.165) is 0 Å². The second kappa shape index (κ2) is 4.51. The van der Waals surface area contributed by atoms with E-state index in [9.17, 15) is 22.4 Å². The van der Waals surface area contributed by atoms with Gasteiger partial charge in [0.25, 0.3) is 5.92 Å². The molecule has 88 valence electrons. The zero-order valence-corrected chi connectivity index (χ0v) is 8.01. The molecule has 1 rings (SSSR count). The molecule has 0 aliphatic heterocycles. The summed E-state index contributed by atoms with van der Waals surface area (Å²) in [5, 5.41) is 8.25. The van der Waals surface area contributed by atoms with E-state index < -0.39 is 41.9 Å². The summed E-state index contributed by atoms with van der Waals surface area (Å²) in [6, 6.07) is 1.66. The zero-order valence-electron chi connectivity index (χ0n) is 8.01. The lowest BCUT2D eigenvalue weighted by atomic mass is 10.0. The molecule has 0 radical (unpaired) electrons. The van der Waals surface area contributed by atoms with Gasteiger partial charge in [-0.3, -0.25) is 4.79 Å². The molecular formula is C10H8F4O2. The van der Waals surface area contributed by atoms with Crippen LogP contribution >= 0.6 is 0 Å². The molecule has 0 aromatic heterocycles. The lowest BCUT2D eigenvalue weighted by molar-refractivity contribution is -0.139. The lowest BCUT2D eigenvalue weighted by Crippen LogP contribution is -2.17. The molecule has 0 aliphatic rings. The van der Waals surface area contributed by atoms with Gasteiger partial charge in [-0.2, -0.15) is 0 Å². The van der Waals surface area contributed by atoms with Crippen molar-refractivity contribution in [1.82, 2.24) is 0 Å². The lowest BCUT2D eigenvalue weighted by Gasteiger charge is -2.16. The number of carboxylic acids is 1. The first-order valence-electron chi connectivity index (χ1n) is 4.38. The fourth-order valence-corrected chi connectivity index (χ4v) is 1.18. The van der Waals surface area contributed by atoms with Gasteiger partial charge in [0.05, 0.1) is 12.0 Å². The molecule has 0 amide bonds. The topological polar surface area (TPSA) is 37.3 Å².